The van der Waals surface area contributed by atoms with Crippen LogP contribution in [0.15, 0.2) is 18.2 Å². The van der Waals surface area contributed by atoms with Crippen LogP contribution in [-0.2, 0) is 11.3 Å². The van der Waals surface area contributed by atoms with E-state index in [-0.39, 0.29) is 0 Å². The van der Waals surface area contributed by atoms with Crippen molar-refractivity contribution in [2.24, 2.45) is 5.73 Å². The van der Waals surface area contributed by atoms with E-state index in [1.165, 1.54) is 16.7 Å². The fourth-order valence-electron chi connectivity index (χ4n) is 2.55. The smallest absolute Gasteiger partial charge is 0.325 e. The third kappa shape index (κ3) is 2.40. The Morgan fingerprint density at radius 2 is 2.06 bits per heavy atom. The maximum atomic E-state index is 11.1. The highest BCUT2D eigenvalue weighted by Gasteiger charge is 2.41. The van der Waals surface area contributed by atoms with Crippen LogP contribution < -0.4 is 5.73 Å². The Bertz CT molecular complexity index is 453. The monoisotopic (exact) mass is 248 g/mol. The standard InChI is InChI=1S/C14H20N2O2/c1-10-4-3-5-11(2)12(10)8-16-7-6-14(15,9-16)13(17)18/h3-5H,6-9,15H2,1-2H3,(H,17,18). The van der Waals surface area contributed by atoms with Crippen LogP contribution in [0.5, 0.6) is 0 Å². The molecular formula is C14H20N2O2. The predicted octanol–water partition coefficient (Wildman–Crippen LogP) is 1.29. The first kappa shape index (κ1) is 13.1. The fraction of sp³-hybridized carbons (Fsp3) is 0.500. The molecule has 4 nitrogen and oxygen atoms in total. The average Bonchev–Trinajstić information content (AvgIpc) is 2.67. The van der Waals surface area contributed by atoms with Crippen LogP contribution in [0.4, 0.5) is 0 Å². The van der Waals surface area contributed by atoms with Gasteiger partial charge in [0.1, 0.15) is 5.54 Å². The van der Waals surface area contributed by atoms with Crippen LogP contribution in [0.3, 0.4) is 0 Å². The lowest BCUT2D eigenvalue weighted by Gasteiger charge is -2.21. The Kier molecular flexibility index (Phi) is 3.41. The highest BCUT2D eigenvalue weighted by atomic mass is 16.4. The zero-order valence-electron chi connectivity index (χ0n) is 10.9. The summed E-state index contributed by atoms with van der Waals surface area (Å²) in [5.74, 6) is -0.897. The number of benzene rings is 1. The van der Waals surface area contributed by atoms with Crippen LogP contribution >= 0.6 is 0 Å². The summed E-state index contributed by atoms with van der Waals surface area (Å²) >= 11 is 0. The lowest BCUT2D eigenvalue weighted by molar-refractivity contribution is -0.142. The SMILES string of the molecule is Cc1cccc(C)c1CN1CCC(N)(C(=O)O)C1. The molecule has 1 saturated heterocycles. The molecule has 1 heterocycles. The van der Waals surface area contributed by atoms with Gasteiger partial charge in [0.05, 0.1) is 0 Å². The Balaban J connectivity index is 2.11. The first-order valence-corrected chi connectivity index (χ1v) is 6.22. The van der Waals surface area contributed by atoms with Crippen molar-refractivity contribution in [1.82, 2.24) is 4.90 Å². The zero-order valence-corrected chi connectivity index (χ0v) is 10.9. The normalized spacial score (nSPS) is 24.4. The molecule has 0 radical (unpaired) electrons. The maximum Gasteiger partial charge on any atom is 0.325 e. The second kappa shape index (κ2) is 4.71. The minimum absolute atomic E-state index is 0.427. The van der Waals surface area contributed by atoms with E-state index >= 15 is 0 Å². The zero-order chi connectivity index (χ0) is 13.3. The summed E-state index contributed by atoms with van der Waals surface area (Å²) in [7, 11) is 0. The van der Waals surface area contributed by atoms with Gasteiger partial charge < -0.3 is 10.8 Å². The number of aryl methyl sites for hydroxylation is 2. The Morgan fingerprint density at radius 1 is 1.44 bits per heavy atom. The molecule has 1 unspecified atom stereocenters. The van der Waals surface area contributed by atoms with Crippen molar-refractivity contribution in [3.8, 4) is 0 Å². The highest BCUT2D eigenvalue weighted by molar-refractivity contribution is 5.79. The molecule has 0 saturated carbocycles. The lowest BCUT2D eigenvalue weighted by atomic mass is 10.0. The van der Waals surface area contributed by atoms with Crippen molar-refractivity contribution < 1.29 is 9.90 Å². The molecule has 98 valence electrons. The molecule has 2 rings (SSSR count). The van der Waals surface area contributed by atoms with Crippen molar-refractivity contribution in [3.63, 3.8) is 0 Å². The highest BCUT2D eigenvalue weighted by Crippen LogP contribution is 2.23. The first-order chi connectivity index (χ1) is 8.42. The molecule has 1 aliphatic rings. The molecular weight excluding hydrogens is 228 g/mol. The molecule has 3 N–H and O–H groups in total. The van der Waals surface area contributed by atoms with E-state index in [0.29, 0.717) is 13.0 Å². The molecule has 0 amide bonds. The van der Waals surface area contributed by atoms with Gasteiger partial charge in [-0.3, -0.25) is 9.69 Å². The average molecular weight is 248 g/mol. The van der Waals surface area contributed by atoms with E-state index in [0.717, 1.165) is 13.1 Å². The molecule has 1 atom stereocenters. The van der Waals surface area contributed by atoms with E-state index in [1.807, 2.05) is 6.07 Å². The van der Waals surface area contributed by atoms with Crippen molar-refractivity contribution in [1.29, 1.82) is 0 Å². The van der Waals surface area contributed by atoms with Gasteiger partial charge in [0.2, 0.25) is 0 Å². The summed E-state index contributed by atoms with van der Waals surface area (Å²) in [6.45, 7) is 6.13. The topological polar surface area (TPSA) is 66.6 Å². The lowest BCUT2D eigenvalue weighted by Crippen LogP contribution is -2.50. The van der Waals surface area contributed by atoms with Gasteiger partial charge in [-0.2, -0.15) is 0 Å². The van der Waals surface area contributed by atoms with Gasteiger partial charge in [-0.05, 0) is 37.0 Å². The quantitative estimate of drug-likeness (QED) is 0.846. The van der Waals surface area contributed by atoms with Crippen LogP contribution in [-0.4, -0.2) is 34.6 Å². The van der Waals surface area contributed by atoms with Crippen molar-refractivity contribution in [3.05, 3.63) is 34.9 Å². The number of nitrogens with zero attached hydrogens (tertiary/aromatic N) is 1. The number of aliphatic carboxylic acids is 1. The van der Waals surface area contributed by atoms with E-state index in [4.69, 9.17) is 10.8 Å². The Labute approximate surface area is 107 Å². The van der Waals surface area contributed by atoms with Gasteiger partial charge in [0.15, 0.2) is 0 Å². The minimum atomic E-state index is -1.07. The molecule has 1 aromatic rings. The van der Waals surface area contributed by atoms with Gasteiger partial charge >= 0.3 is 5.97 Å². The minimum Gasteiger partial charge on any atom is -0.480 e. The Hall–Kier alpha value is -1.39. The summed E-state index contributed by atoms with van der Waals surface area (Å²) in [5.41, 5.74) is 8.59. The summed E-state index contributed by atoms with van der Waals surface area (Å²) in [5, 5.41) is 9.11. The van der Waals surface area contributed by atoms with Crippen LogP contribution in [0, 0.1) is 13.8 Å². The number of likely N-dealkylation sites (tertiary alicyclic amines) is 1. The molecule has 1 aliphatic heterocycles. The third-order valence-electron chi connectivity index (χ3n) is 3.83. The van der Waals surface area contributed by atoms with Gasteiger partial charge in [-0.15, -0.1) is 0 Å². The predicted molar refractivity (Wildman–Crippen MR) is 70.4 cm³/mol. The Morgan fingerprint density at radius 3 is 2.56 bits per heavy atom. The summed E-state index contributed by atoms with van der Waals surface area (Å²) in [6, 6.07) is 6.22. The summed E-state index contributed by atoms with van der Waals surface area (Å²) < 4.78 is 0. The molecule has 0 aliphatic carbocycles. The second-order valence-electron chi connectivity index (χ2n) is 5.29. The van der Waals surface area contributed by atoms with Gasteiger partial charge in [0.25, 0.3) is 0 Å². The number of carbonyl (C=O) groups is 1. The summed E-state index contributed by atoms with van der Waals surface area (Å²) in [6.07, 6.45) is 0.521. The third-order valence-corrected chi connectivity index (χ3v) is 3.83. The van der Waals surface area contributed by atoms with E-state index < -0.39 is 11.5 Å². The molecule has 0 bridgehead atoms. The molecule has 0 aromatic heterocycles. The van der Waals surface area contributed by atoms with Gasteiger partial charge in [-0.1, -0.05) is 18.2 Å². The van der Waals surface area contributed by atoms with Gasteiger partial charge in [-0.25, -0.2) is 0 Å². The maximum absolute atomic E-state index is 11.1. The van der Waals surface area contributed by atoms with Crippen molar-refractivity contribution >= 4 is 5.97 Å². The number of rotatable bonds is 3. The molecule has 1 fully saturated rings. The largest absolute Gasteiger partial charge is 0.480 e. The number of carboxylic acids is 1. The number of hydrogen-bond donors (Lipinski definition) is 2. The van der Waals surface area contributed by atoms with Crippen LogP contribution in [0.2, 0.25) is 0 Å². The van der Waals surface area contributed by atoms with E-state index in [9.17, 15) is 4.79 Å². The molecule has 0 spiro atoms. The fourth-order valence-corrected chi connectivity index (χ4v) is 2.55. The number of carboxylic acid groups (broad SMARTS) is 1. The van der Waals surface area contributed by atoms with Crippen molar-refractivity contribution in [2.45, 2.75) is 32.4 Å². The van der Waals surface area contributed by atoms with Gasteiger partial charge in [0, 0.05) is 19.6 Å². The first-order valence-electron chi connectivity index (χ1n) is 6.22. The van der Waals surface area contributed by atoms with Crippen LogP contribution in [0.25, 0.3) is 0 Å². The van der Waals surface area contributed by atoms with E-state index in [1.54, 1.807) is 0 Å². The molecule has 18 heavy (non-hydrogen) atoms. The molecule has 4 heteroatoms. The summed E-state index contributed by atoms with van der Waals surface area (Å²) in [4.78, 5) is 13.2. The molecule has 1 aromatic carbocycles. The van der Waals surface area contributed by atoms with Crippen LogP contribution in [0.1, 0.15) is 23.1 Å². The second-order valence-corrected chi connectivity index (χ2v) is 5.29. The van der Waals surface area contributed by atoms with E-state index in [2.05, 4.69) is 30.9 Å². The number of hydrogen-bond acceptors (Lipinski definition) is 3. The van der Waals surface area contributed by atoms with Crippen molar-refractivity contribution in [2.75, 3.05) is 13.1 Å². The number of nitrogens with two attached hydrogens (primary N) is 1.